The Labute approximate surface area is 172 Å². The predicted molar refractivity (Wildman–Crippen MR) is 110 cm³/mol. The molecule has 0 heterocycles. The van der Waals surface area contributed by atoms with Crippen LogP contribution < -0.4 is 10.5 Å². The van der Waals surface area contributed by atoms with Gasteiger partial charge in [0.2, 0.25) is 5.91 Å². The summed E-state index contributed by atoms with van der Waals surface area (Å²) in [5, 5.41) is 1.63. The monoisotopic (exact) mass is 419 g/mol. The topological polar surface area (TPSA) is 52.3 Å². The lowest BCUT2D eigenvalue weighted by Gasteiger charge is -2.23. The molecular weight excluding hydrogens is 405 g/mol. The molecule has 3 aromatic carbocycles. The van der Waals surface area contributed by atoms with Crippen LogP contribution >= 0.6 is 34.8 Å². The molecule has 0 aliphatic heterocycles. The van der Waals surface area contributed by atoms with Crippen LogP contribution in [0.2, 0.25) is 15.1 Å². The third-order valence-electron chi connectivity index (χ3n) is 4.14. The van der Waals surface area contributed by atoms with Gasteiger partial charge in [0.25, 0.3) is 0 Å². The van der Waals surface area contributed by atoms with Gasteiger partial charge in [0.15, 0.2) is 6.10 Å². The van der Waals surface area contributed by atoms with Gasteiger partial charge in [-0.3, -0.25) is 4.79 Å². The van der Waals surface area contributed by atoms with Crippen LogP contribution in [0.15, 0.2) is 60.7 Å². The first-order valence-corrected chi connectivity index (χ1v) is 9.26. The Kier molecular flexibility index (Phi) is 5.95. The molecule has 1 unspecified atom stereocenters. The third-order valence-corrected chi connectivity index (χ3v) is 4.95. The van der Waals surface area contributed by atoms with Crippen molar-refractivity contribution in [2.24, 2.45) is 5.73 Å². The highest BCUT2D eigenvalue weighted by atomic mass is 35.5. The highest BCUT2D eigenvalue weighted by molar-refractivity contribution is 6.35. The first-order valence-electron chi connectivity index (χ1n) is 8.12. The van der Waals surface area contributed by atoms with Gasteiger partial charge in [-0.15, -0.1) is 0 Å². The maximum absolute atomic E-state index is 11.5. The van der Waals surface area contributed by atoms with Gasteiger partial charge in [-0.25, -0.2) is 0 Å². The fraction of sp³-hybridized carbons (Fsp3) is 0.0952. The molecule has 3 aromatic rings. The van der Waals surface area contributed by atoms with Crippen molar-refractivity contribution in [1.29, 1.82) is 0 Å². The fourth-order valence-electron chi connectivity index (χ4n) is 2.67. The number of halogens is 3. The first-order chi connectivity index (χ1) is 12.8. The standard InChI is InChI=1S/C21H16Cl3NO2/c1-12-2-3-14(21(25)26)10-19(12)27-20(13-4-6-15(22)7-5-13)17-9-8-16(23)11-18(17)24/h2-11,20H,1H3,(H2,25,26). The minimum Gasteiger partial charge on any atom is -0.481 e. The summed E-state index contributed by atoms with van der Waals surface area (Å²) in [6, 6.07) is 17.6. The molecule has 138 valence electrons. The molecule has 0 saturated heterocycles. The van der Waals surface area contributed by atoms with E-state index in [2.05, 4.69) is 0 Å². The fourth-order valence-corrected chi connectivity index (χ4v) is 3.30. The molecule has 3 nitrogen and oxygen atoms in total. The van der Waals surface area contributed by atoms with E-state index in [1.807, 2.05) is 25.1 Å². The van der Waals surface area contributed by atoms with E-state index in [1.165, 1.54) is 0 Å². The first kappa shape index (κ1) is 19.6. The van der Waals surface area contributed by atoms with Crippen LogP contribution in [0, 0.1) is 6.92 Å². The molecule has 2 N–H and O–H groups in total. The minimum atomic E-state index is -0.521. The molecule has 0 aliphatic carbocycles. The number of nitrogens with two attached hydrogens (primary N) is 1. The summed E-state index contributed by atoms with van der Waals surface area (Å²) < 4.78 is 6.29. The normalized spacial score (nSPS) is 11.9. The van der Waals surface area contributed by atoms with Crippen LogP contribution in [0.25, 0.3) is 0 Å². The zero-order valence-electron chi connectivity index (χ0n) is 14.4. The molecule has 0 aromatic heterocycles. The van der Waals surface area contributed by atoms with Crippen molar-refractivity contribution in [2.45, 2.75) is 13.0 Å². The Morgan fingerprint density at radius 1 is 0.926 bits per heavy atom. The third kappa shape index (κ3) is 4.56. The molecule has 0 fully saturated rings. The summed E-state index contributed by atoms with van der Waals surface area (Å²) in [7, 11) is 0. The lowest BCUT2D eigenvalue weighted by molar-refractivity contribution is 0.0999. The summed E-state index contributed by atoms with van der Waals surface area (Å²) in [5.74, 6) is 0.0182. The zero-order chi connectivity index (χ0) is 19.6. The number of carbonyl (C=O) groups is 1. The largest absolute Gasteiger partial charge is 0.481 e. The van der Waals surface area contributed by atoms with Crippen molar-refractivity contribution < 1.29 is 9.53 Å². The zero-order valence-corrected chi connectivity index (χ0v) is 16.6. The second kappa shape index (κ2) is 8.22. The molecule has 0 saturated carbocycles. The lowest BCUT2D eigenvalue weighted by atomic mass is 10.0. The van der Waals surface area contributed by atoms with Crippen molar-refractivity contribution in [3.8, 4) is 5.75 Å². The Morgan fingerprint density at radius 3 is 2.22 bits per heavy atom. The lowest BCUT2D eigenvalue weighted by Crippen LogP contribution is -2.13. The molecular formula is C21H16Cl3NO2. The van der Waals surface area contributed by atoms with Gasteiger partial charge in [0.05, 0.1) is 0 Å². The Morgan fingerprint density at radius 2 is 1.59 bits per heavy atom. The van der Waals surface area contributed by atoms with E-state index in [9.17, 15) is 4.79 Å². The maximum Gasteiger partial charge on any atom is 0.248 e. The summed E-state index contributed by atoms with van der Waals surface area (Å²) in [6.07, 6.45) is -0.520. The van der Waals surface area contributed by atoms with Crippen LogP contribution in [-0.2, 0) is 0 Å². The molecule has 0 bridgehead atoms. The van der Waals surface area contributed by atoms with Crippen molar-refractivity contribution in [2.75, 3.05) is 0 Å². The summed E-state index contributed by atoms with van der Waals surface area (Å²) in [6.45, 7) is 1.89. The number of ether oxygens (including phenoxy) is 1. The van der Waals surface area contributed by atoms with Gasteiger partial charge in [-0.1, -0.05) is 59.1 Å². The SMILES string of the molecule is Cc1ccc(C(N)=O)cc1OC(c1ccc(Cl)cc1)c1ccc(Cl)cc1Cl. The highest BCUT2D eigenvalue weighted by Crippen LogP contribution is 2.36. The summed E-state index contributed by atoms with van der Waals surface area (Å²) in [5.41, 5.74) is 8.23. The van der Waals surface area contributed by atoms with E-state index >= 15 is 0 Å². The van der Waals surface area contributed by atoms with Crippen LogP contribution in [0.4, 0.5) is 0 Å². The van der Waals surface area contributed by atoms with Crippen LogP contribution in [-0.4, -0.2) is 5.91 Å². The van der Waals surface area contributed by atoms with Gasteiger partial charge in [-0.2, -0.15) is 0 Å². The van der Waals surface area contributed by atoms with Crippen LogP contribution in [0.1, 0.15) is 33.2 Å². The molecule has 6 heteroatoms. The number of primary amides is 1. The second-order valence-electron chi connectivity index (χ2n) is 6.06. The maximum atomic E-state index is 11.5. The number of carbonyl (C=O) groups excluding carboxylic acids is 1. The summed E-state index contributed by atoms with van der Waals surface area (Å²) in [4.78, 5) is 11.5. The predicted octanol–water partition coefficient (Wildman–Crippen LogP) is 6.22. The minimum absolute atomic E-state index is 0.368. The van der Waals surface area contributed by atoms with E-state index in [1.54, 1.807) is 42.5 Å². The van der Waals surface area contributed by atoms with Crippen LogP contribution in [0.5, 0.6) is 5.75 Å². The van der Waals surface area contributed by atoms with Crippen molar-refractivity contribution in [1.82, 2.24) is 0 Å². The van der Waals surface area contributed by atoms with Gasteiger partial charge in [0, 0.05) is 26.2 Å². The number of amides is 1. The average molecular weight is 421 g/mol. The van der Waals surface area contributed by atoms with E-state index in [4.69, 9.17) is 45.3 Å². The van der Waals surface area contributed by atoms with E-state index in [0.717, 1.165) is 16.7 Å². The Balaban J connectivity index is 2.09. The van der Waals surface area contributed by atoms with E-state index < -0.39 is 12.0 Å². The Bertz CT molecular complexity index is 987. The number of hydrogen-bond acceptors (Lipinski definition) is 2. The molecule has 0 aliphatic rings. The van der Waals surface area contributed by atoms with Gasteiger partial charge in [0.1, 0.15) is 5.75 Å². The second-order valence-corrected chi connectivity index (χ2v) is 7.34. The van der Waals surface area contributed by atoms with Crippen molar-refractivity contribution in [3.05, 3.63) is 98.0 Å². The van der Waals surface area contributed by atoms with Crippen molar-refractivity contribution in [3.63, 3.8) is 0 Å². The number of hydrogen-bond donors (Lipinski definition) is 1. The Hall–Kier alpha value is -2.20. The quantitative estimate of drug-likeness (QED) is 0.532. The molecule has 1 amide bonds. The van der Waals surface area contributed by atoms with Crippen LogP contribution in [0.3, 0.4) is 0 Å². The molecule has 3 rings (SSSR count). The van der Waals surface area contributed by atoms with Crippen molar-refractivity contribution >= 4 is 40.7 Å². The number of rotatable bonds is 5. The smallest absolute Gasteiger partial charge is 0.248 e. The molecule has 0 spiro atoms. The van der Waals surface area contributed by atoms with E-state index in [0.29, 0.717) is 26.4 Å². The average Bonchev–Trinajstić information content (AvgIpc) is 2.62. The number of benzene rings is 3. The van der Waals surface area contributed by atoms with E-state index in [-0.39, 0.29) is 0 Å². The molecule has 1 atom stereocenters. The number of aryl methyl sites for hydroxylation is 1. The molecule has 0 radical (unpaired) electrons. The summed E-state index contributed by atoms with van der Waals surface area (Å²) >= 11 is 18.5. The van der Waals surface area contributed by atoms with Gasteiger partial charge in [-0.05, 0) is 54.4 Å². The van der Waals surface area contributed by atoms with Gasteiger partial charge < -0.3 is 10.5 Å². The highest BCUT2D eigenvalue weighted by Gasteiger charge is 2.21. The molecule has 27 heavy (non-hydrogen) atoms. The van der Waals surface area contributed by atoms with Gasteiger partial charge >= 0.3 is 0 Å².